The fourth-order valence-corrected chi connectivity index (χ4v) is 3.37. The molecule has 4 heteroatoms. The van der Waals surface area contributed by atoms with Crippen LogP contribution in [0.15, 0.2) is 24.3 Å². The van der Waals surface area contributed by atoms with E-state index >= 15 is 0 Å². The Hall–Kier alpha value is -1.55. The van der Waals surface area contributed by atoms with Gasteiger partial charge in [-0.3, -0.25) is 4.79 Å². The molecule has 3 rings (SSSR count). The Bertz CT molecular complexity index is 472. The molecule has 2 heterocycles. The number of fused-ring (bicyclic) bond motifs is 1. The molecule has 0 aromatic heterocycles. The van der Waals surface area contributed by atoms with E-state index < -0.39 is 0 Å². The van der Waals surface area contributed by atoms with Crippen LogP contribution in [0.4, 0.5) is 5.69 Å². The average Bonchev–Trinajstić information content (AvgIpc) is 2.92. The van der Waals surface area contributed by atoms with E-state index in [1.54, 1.807) is 0 Å². The molecule has 1 aromatic rings. The lowest BCUT2D eigenvalue weighted by atomic mass is 10.1. The average molecular weight is 287 g/mol. The highest BCUT2D eigenvalue weighted by molar-refractivity contribution is 5.87. The zero-order chi connectivity index (χ0) is 14.7. The standard InChI is InChI=1S/C17H25N3O/c1-13(12-20-9-5-2-6-10-20)18-17(21)16-11-14-7-3-4-8-15(14)19-16/h3-4,7-8,13,16,19H,2,5-6,9-12H2,1H3,(H,18,21). The summed E-state index contributed by atoms with van der Waals surface area (Å²) in [5.41, 5.74) is 2.34. The maximum absolute atomic E-state index is 12.4. The molecule has 0 spiro atoms. The number of carbonyl (C=O) groups excluding carboxylic acids is 1. The van der Waals surface area contributed by atoms with Crippen LogP contribution in [0.3, 0.4) is 0 Å². The molecular formula is C17H25N3O. The predicted octanol–water partition coefficient (Wildman–Crippen LogP) is 2.01. The first-order chi connectivity index (χ1) is 10.2. The monoisotopic (exact) mass is 287 g/mol. The first-order valence-electron chi connectivity index (χ1n) is 8.09. The molecule has 2 atom stereocenters. The summed E-state index contributed by atoms with van der Waals surface area (Å²) in [6.45, 7) is 5.42. The van der Waals surface area contributed by atoms with Gasteiger partial charge >= 0.3 is 0 Å². The number of nitrogens with zero attached hydrogens (tertiary/aromatic N) is 1. The van der Waals surface area contributed by atoms with Crippen molar-refractivity contribution in [1.82, 2.24) is 10.2 Å². The van der Waals surface area contributed by atoms with Gasteiger partial charge in [-0.2, -0.15) is 0 Å². The first-order valence-corrected chi connectivity index (χ1v) is 8.09. The van der Waals surface area contributed by atoms with Crippen LogP contribution in [-0.4, -0.2) is 42.5 Å². The normalized spacial score (nSPS) is 23.2. The molecule has 0 bridgehead atoms. The second-order valence-electron chi connectivity index (χ2n) is 6.33. The molecule has 2 aliphatic rings. The fourth-order valence-electron chi connectivity index (χ4n) is 3.37. The highest BCUT2D eigenvalue weighted by atomic mass is 16.2. The third kappa shape index (κ3) is 3.56. The van der Waals surface area contributed by atoms with Crippen LogP contribution in [-0.2, 0) is 11.2 Å². The molecule has 4 nitrogen and oxygen atoms in total. The zero-order valence-corrected chi connectivity index (χ0v) is 12.8. The number of rotatable bonds is 4. The van der Waals surface area contributed by atoms with Crippen molar-refractivity contribution < 1.29 is 4.79 Å². The van der Waals surface area contributed by atoms with Crippen LogP contribution in [0, 0.1) is 0 Å². The van der Waals surface area contributed by atoms with Gasteiger partial charge in [0, 0.05) is 24.7 Å². The quantitative estimate of drug-likeness (QED) is 0.890. The van der Waals surface area contributed by atoms with E-state index in [2.05, 4.69) is 28.5 Å². The Morgan fingerprint density at radius 2 is 2.10 bits per heavy atom. The molecule has 2 unspecified atom stereocenters. The molecule has 0 saturated carbocycles. The number of amides is 1. The number of carbonyl (C=O) groups is 1. The maximum Gasteiger partial charge on any atom is 0.243 e. The molecule has 1 saturated heterocycles. The minimum Gasteiger partial charge on any atom is -0.373 e. The Morgan fingerprint density at radius 1 is 1.33 bits per heavy atom. The highest BCUT2D eigenvalue weighted by Crippen LogP contribution is 2.25. The van der Waals surface area contributed by atoms with E-state index in [0.717, 1.165) is 18.7 Å². The lowest BCUT2D eigenvalue weighted by Gasteiger charge is -2.29. The Balaban J connectivity index is 1.48. The van der Waals surface area contributed by atoms with Gasteiger partial charge in [0.25, 0.3) is 0 Å². The number of anilines is 1. The molecule has 114 valence electrons. The molecule has 2 N–H and O–H groups in total. The van der Waals surface area contributed by atoms with Gasteiger partial charge < -0.3 is 15.5 Å². The van der Waals surface area contributed by atoms with E-state index in [1.165, 1.54) is 37.9 Å². The Kier molecular flexibility index (Phi) is 4.44. The summed E-state index contributed by atoms with van der Waals surface area (Å²) in [4.78, 5) is 14.8. The van der Waals surface area contributed by atoms with Gasteiger partial charge in [0.2, 0.25) is 5.91 Å². The van der Waals surface area contributed by atoms with Gasteiger partial charge in [-0.1, -0.05) is 24.6 Å². The third-order valence-corrected chi connectivity index (χ3v) is 4.46. The number of hydrogen-bond donors (Lipinski definition) is 2. The third-order valence-electron chi connectivity index (χ3n) is 4.46. The lowest BCUT2D eigenvalue weighted by Crippen LogP contribution is -2.48. The number of likely N-dealkylation sites (tertiary alicyclic amines) is 1. The number of hydrogen-bond acceptors (Lipinski definition) is 3. The highest BCUT2D eigenvalue weighted by Gasteiger charge is 2.27. The summed E-state index contributed by atoms with van der Waals surface area (Å²) in [7, 11) is 0. The largest absolute Gasteiger partial charge is 0.373 e. The van der Waals surface area contributed by atoms with Gasteiger partial charge in [-0.05, 0) is 44.5 Å². The fraction of sp³-hybridized carbons (Fsp3) is 0.588. The molecule has 1 amide bonds. The van der Waals surface area contributed by atoms with Crippen molar-refractivity contribution in [2.24, 2.45) is 0 Å². The number of benzene rings is 1. The van der Waals surface area contributed by atoms with Crippen molar-refractivity contribution in [3.05, 3.63) is 29.8 Å². The number of piperidine rings is 1. The van der Waals surface area contributed by atoms with Crippen LogP contribution in [0.5, 0.6) is 0 Å². The maximum atomic E-state index is 12.4. The molecule has 0 radical (unpaired) electrons. The molecule has 1 aromatic carbocycles. The molecule has 21 heavy (non-hydrogen) atoms. The van der Waals surface area contributed by atoms with Crippen LogP contribution in [0.25, 0.3) is 0 Å². The van der Waals surface area contributed by atoms with Crippen LogP contribution >= 0.6 is 0 Å². The number of para-hydroxylation sites is 1. The summed E-state index contributed by atoms with van der Waals surface area (Å²) in [5, 5.41) is 6.48. The smallest absolute Gasteiger partial charge is 0.243 e. The zero-order valence-electron chi connectivity index (χ0n) is 12.8. The van der Waals surface area contributed by atoms with Crippen molar-refractivity contribution in [1.29, 1.82) is 0 Å². The molecular weight excluding hydrogens is 262 g/mol. The van der Waals surface area contributed by atoms with E-state index in [4.69, 9.17) is 0 Å². The Labute approximate surface area is 126 Å². The summed E-state index contributed by atoms with van der Waals surface area (Å²) in [6, 6.07) is 8.25. The summed E-state index contributed by atoms with van der Waals surface area (Å²) in [6.07, 6.45) is 4.72. The lowest BCUT2D eigenvalue weighted by molar-refractivity contribution is -0.122. The van der Waals surface area contributed by atoms with E-state index in [-0.39, 0.29) is 18.0 Å². The minimum atomic E-state index is -0.119. The SMILES string of the molecule is CC(CN1CCCCC1)NC(=O)C1Cc2ccccc2N1. The second kappa shape index (κ2) is 6.48. The Morgan fingerprint density at radius 3 is 2.86 bits per heavy atom. The molecule has 2 aliphatic heterocycles. The van der Waals surface area contributed by atoms with Gasteiger partial charge in [-0.25, -0.2) is 0 Å². The first kappa shape index (κ1) is 14.4. The van der Waals surface area contributed by atoms with E-state index in [0.29, 0.717) is 0 Å². The molecule has 1 fully saturated rings. The van der Waals surface area contributed by atoms with Gasteiger partial charge in [-0.15, -0.1) is 0 Å². The van der Waals surface area contributed by atoms with Crippen molar-refractivity contribution in [2.75, 3.05) is 25.0 Å². The topological polar surface area (TPSA) is 44.4 Å². The van der Waals surface area contributed by atoms with E-state index in [9.17, 15) is 4.79 Å². The van der Waals surface area contributed by atoms with Crippen molar-refractivity contribution in [2.45, 2.75) is 44.7 Å². The number of nitrogens with one attached hydrogen (secondary N) is 2. The van der Waals surface area contributed by atoms with Crippen LogP contribution in [0.2, 0.25) is 0 Å². The van der Waals surface area contributed by atoms with Crippen LogP contribution < -0.4 is 10.6 Å². The van der Waals surface area contributed by atoms with Crippen LogP contribution in [0.1, 0.15) is 31.7 Å². The predicted molar refractivity (Wildman–Crippen MR) is 85.5 cm³/mol. The van der Waals surface area contributed by atoms with Gasteiger partial charge in [0.05, 0.1) is 0 Å². The molecule has 0 aliphatic carbocycles. The van der Waals surface area contributed by atoms with Crippen molar-refractivity contribution in [3.8, 4) is 0 Å². The second-order valence-corrected chi connectivity index (χ2v) is 6.33. The van der Waals surface area contributed by atoms with Crippen molar-refractivity contribution >= 4 is 11.6 Å². The van der Waals surface area contributed by atoms with Crippen molar-refractivity contribution in [3.63, 3.8) is 0 Å². The van der Waals surface area contributed by atoms with Gasteiger partial charge in [0.1, 0.15) is 6.04 Å². The summed E-state index contributed by atoms with van der Waals surface area (Å²) >= 11 is 0. The minimum absolute atomic E-state index is 0.119. The summed E-state index contributed by atoms with van der Waals surface area (Å²) < 4.78 is 0. The van der Waals surface area contributed by atoms with Gasteiger partial charge in [0.15, 0.2) is 0 Å². The van der Waals surface area contributed by atoms with E-state index in [1.807, 2.05) is 18.2 Å². The summed E-state index contributed by atoms with van der Waals surface area (Å²) in [5.74, 6) is 0.121.